The van der Waals surface area contributed by atoms with Crippen molar-refractivity contribution in [2.45, 2.75) is 0 Å². The number of nitrogens with one attached hydrogen (secondary N) is 1. The van der Waals surface area contributed by atoms with Gasteiger partial charge in [0.05, 0.1) is 35.4 Å². The van der Waals surface area contributed by atoms with Gasteiger partial charge in [-0.25, -0.2) is 4.98 Å². The Labute approximate surface area is 198 Å². The molecule has 8 nitrogen and oxygen atoms in total. The number of nitrogens with zero attached hydrogens (tertiary/aromatic N) is 2. The maximum absolute atomic E-state index is 13.5. The molecule has 6 aromatic rings. The average Bonchev–Trinajstić information content (AvgIpc) is 3.69. The van der Waals surface area contributed by atoms with Gasteiger partial charge in [-0.15, -0.1) is 0 Å². The topological polar surface area (TPSA) is 118 Å². The average molecular weight is 461 g/mol. The minimum Gasteiger partial charge on any atom is -0.464 e. The zero-order valence-electron chi connectivity index (χ0n) is 18.0. The lowest BCUT2D eigenvalue weighted by Crippen LogP contribution is -2.13. The summed E-state index contributed by atoms with van der Waals surface area (Å²) in [5.41, 5.74) is 1.98. The highest BCUT2D eigenvalue weighted by Gasteiger charge is 2.28. The number of hydrogen-bond donors (Lipinski definition) is 1. The van der Waals surface area contributed by atoms with E-state index < -0.39 is 5.91 Å². The van der Waals surface area contributed by atoms with Crippen molar-refractivity contribution in [3.8, 4) is 40.4 Å². The minimum absolute atomic E-state index is 0.0178. The normalized spacial score (nSPS) is 10.9. The first kappa shape index (κ1) is 20.3. The van der Waals surface area contributed by atoms with Crippen LogP contribution in [0.15, 0.2) is 103 Å². The first-order chi connectivity index (χ1) is 17.2. The highest BCUT2D eigenvalue weighted by Crippen LogP contribution is 2.42. The van der Waals surface area contributed by atoms with Gasteiger partial charge in [-0.05, 0) is 48.5 Å². The highest BCUT2D eigenvalue weighted by atomic mass is 16.4. The SMILES string of the molecule is N#Cc1c(NC(=O)c2cc(-c3ccco3)nc3ccccc23)oc(-c2ccco2)c1-c1ccco1. The Morgan fingerprint density at radius 2 is 1.54 bits per heavy atom. The van der Waals surface area contributed by atoms with Crippen LogP contribution < -0.4 is 5.32 Å². The molecule has 0 aliphatic rings. The molecular weight excluding hydrogens is 446 g/mol. The lowest BCUT2D eigenvalue weighted by Gasteiger charge is -2.08. The molecule has 0 fully saturated rings. The van der Waals surface area contributed by atoms with E-state index in [0.29, 0.717) is 45.0 Å². The maximum atomic E-state index is 13.5. The predicted octanol–water partition coefficient (Wildman–Crippen LogP) is 6.73. The van der Waals surface area contributed by atoms with Crippen LogP contribution >= 0.6 is 0 Å². The van der Waals surface area contributed by atoms with Crippen LogP contribution in [0, 0.1) is 11.3 Å². The van der Waals surface area contributed by atoms with Crippen molar-refractivity contribution >= 4 is 22.7 Å². The van der Waals surface area contributed by atoms with Crippen molar-refractivity contribution in [3.05, 3.63) is 96.6 Å². The van der Waals surface area contributed by atoms with Crippen LogP contribution in [0.4, 0.5) is 5.88 Å². The van der Waals surface area contributed by atoms with E-state index in [4.69, 9.17) is 17.7 Å². The number of carbonyl (C=O) groups excluding carboxylic acids is 1. The summed E-state index contributed by atoms with van der Waals surface area (Å²) in [7, 11) is 0. The molecule has 1 aromatic carbocycles. The van der Waals surface area contributed by atoms with Crippen LogP contribution in [0.25, 0.3) is 45.2 Å². The fourth-order valence-corrected chi connectivity index (χ4v) is 3.95. The molecule has 0 unspecified atom stereocenters. The van der Waals surface area contributed by atoms with Crippen molar-refractivity contribution in [1.82, 2.24) is 4.98 Å². The van der Waals surface area contributed by atoms with Crippen LogP contribution in [0.5, 0.6) is 0 Å². The highest BCUT2D eigenvalue weighted by molar-refractivity contribution is 6.13. The standard InChI is InChI=1S/C27H15N3O5/c28-15-18-24(22-9-4-12-33-22)25(23-10-5-13-34-23)35-27(18)30-26(31)17-14-20(21-8-3-11-32-21)29-19-7-2-1-6-16(17)19/h1-14H,(H,30,31). The summed E-state index contributed by atoms with van der Waals surface area (Å²) in [6, 6.07) is 21.4. The summed E-state index contributed by atoms with van der Waals surface area (Å²) in [5, 5.41) is 13.4. The largest absolute Gasteiger partial charge is 0.464 e. The van der Waals surface area contributed by atoms with Crippen LogP contribution in [0.1, 0.15) is 15.9 Å². The number of amides is 1. The molecule has 0 saturated carbocycles. The summed E-state index contributed by atoms with van der Waals surface area (Å²) in [6.07, 6.45) is 4.53. The number of nitriles is 1. The van der Waals surface area contributed by atoms with Crippen LogP contribution in [-0.2, 0) is 0 Å². The van der Waals surface area contributed by atoms with E-state index in [0.717, 1.165) is 0 Å². The molecule has 1 amide bonds. The van der Waals surface area contributed by atoms with Crippen LogP contribution in [0.2, 0.25) is 0 Å². The zero-order valence-corrected chi connectivity index (χ0v) is 18.0. The molecular formula is C27H15N3O5. The summed E-state index contributed by atoms with van der Waals surface area (Å²) in [4.78, 5) is 18.1. The van der Waals surface area contributed by atoms with E-state index in [2.05, 4.69) is 16.4 Å². The lowest BCUT2D eigenvalue weighted by atomic mass is 10.1. The molecule has 35 heavy (non-hydrogen) atoms. The Morgan fingerprint density at radius 1 is 0.857 bits per heavy atom. The van der Waals surface area contributed by atoms with Gasteiger partial charge in [-0.1, -0.05) is 18.2 Å². The van der Waals surface area contributed by atoms with Crippen molar-refractivity contribution in [3.63, 3.8) is 0 Å². The Bertz CT molecular complexity index is 1690. The predicted molar refractivity (Wildman–Crippen MR) is 126 cm³/mol. The first-order valence-electron chi connectivity index (χ1n) is 10.6. The quantitative estimate of drug-likeness (QED) is 0.302. The number of aromatic nitrogens is 1. The fraction of sp³-hybridized carbons (Fsp3) is 0. The van der Waals surface area contributed by atoms with Gasteiger partial charge in [0.1, 0.15) is 23.1 Å². The van der Waals surface area contributed by atoms with Crippen molar-refractivity contribution in [1.29, 1.82) is 5.26 Å². The lowest BCUT2D eigenvalue weighted by molar-refractivity contribution is 0.102. The second-order valence-corrected chi connectivity index (χ2v) is 7.58. The third-order valence-corrected chi connectivity index (χ3v) is 5.49. The van der Waals surface area contributed by atoms with Gasteiger partial charge >= 0.3 is 0 Å². The number of hydrogen-bond acceptors (Lipinski definition) is 7. The number of carbonyl (C=O) groups is 1. The third-order valence-electron chi connectivity index (χ3n) is 5.49. The molecule has 0 spiro atoms. The molecule has 5 aromatic heterocycles. The molecule has 0 atom stereocenters. The second-order valence-electron chi connectivity index (χ2n) is 7.58. The number of anilines is 1. The van der Waals surface area contributed by atoms with Gasteiger partial charge in [0.15, 0.2) is 17.3 Å². The zero-order chi connectivity index (χ0) is 23.8. The van der Waals surface area contributed by atoms with Gasteiger partial charge < -0.3 is 17.7 Å². The molecule has 168 valence electrons. The molecule has 0 bridgehead atoms. The molecule has 0 radical (unpaired) electrons. The number of pyridine rings is 1. The number of fused-ring (bicyclic) bond motifs is 1. The first-order valence-corrected chi connectivity index (χ1v) is 10.6. The Hall–Kier alpha value is -5.29. The number of benzene rings is 1. The van der Waals surface area contributed by atoms with Gasteiger partial charge in [0.25, 0.3) is 5.91 Å². The van der Waals surface area contributed by atoms with Crippen molar-refractivity contribution in [2.75, 3.05) is 5.32 Å². The van der Waals surface area contributed by atoms with Crippen molar-refractivity contribution in [2.24, 2.45) is 0 Å². The van der Waals surface area contributed by atoms with Gasteiger partial charge in [-0.3, -0.25) is 10.1 Å². The Balaban J connectivity index is 1.48. The van der Waals surface area contributed by atoms with E-state index in [9.17, 15) is 10.1 Å². The van der Waals surface area contributed by atoms with Crippen LogP contribution in [-0.4, -0.2) is 10.9 Å². The smallest absolute Gasteiger partial charge is 0.258 e. The number of furan rings is 4. The summed E-state index contributed by atoms with van der Waals surface area (Å²) >= 11 is 0. The van der Waals surface area contributed by atoms with E-state index >= 15 is 0 Å². The van der Waals surface area contributed by atoms with Gasteiger partial charge in [0.2, 0.25) is 5.88 Å². The van der Waals surface area contributed by atoms with E-state index in [1.54, 1.807) is 54.8 Å². The molecule has 0 aliphatic heterocycles. The molecule has 5 heterocycles. The number of rotatable bonds is 5. The fourth-order valence-electron chi connectivity index (χ4n) is 3.95. The Kier molecular flexibility index (Phi) is 4.79. The van der Waals surface area contributed by atoms with E-state index in [-0.39, 0.29) is 17.2 Å². The summed E-state index contributed by atoms with van der Waals surface area (Å²) < 4.78 is 22.5. The van der Waals surface area contributed by atoms with E-state index in [1.165, 1.54) is 12.5 Å². The molecule has 0 saturated heterocycles. The summed E-state index contributed by atoms with van der Waals surface area (Å²) in [6.45, 7) is 0. The third kappa shape index (κ3) is 3.48. The molecule has 8 heteroatoms. The van der Waals surface area contributed by atoms with E-state index in [1.807, 2.05) is 18.2 Å². The second kappa shape index (κ2) is 8.24. The molecule has 6 rings (SSSR count). The monoisotopic (exact) mass is 461 g/mol. The van der Waals surface area contributed by atoms with Gasteiger partial charge in [0, 0.05) is 5.39 Å². The minimum atomic E-state index is -0.473. The van der Waals surface area contributed by atoms with Crippen LogP contribution in [0.3, 0.4) is 0 Å². The number of para-hydroxylation sites is 1. The summed E-state index contributed by atoms with van der Waals surface area (Å²) in [5.74, 6) is 1.11. The van der Waals surface area contributed by atoms with Gasteiger partial charge in [-0.2, -0.15) is 5.26 Å². The molecule has 0 aliphatic carbocycles. The maximum Gasteiger partial charge on any atom is 0.258 e. The Morgan fingerprint density at radius 3 is 2.23 bits per heavy atom. The van der Waals surface area contributed by atoms with Crippen molar-refractivity contribution < 1.29 is 22.5 Å². The molecule has 1 N–H and O–H groups in total.